The molecule has 4 heterocycles. The maximum atomic E-state index is 12.9. The van der Waals surface area contributed by atoms with Gasteiger partial charge in [0.15, 0.2) is 0 Å². The van der Waals surface area contributed by atoms with E-state index >= 15 is 0 Å². The molecule has 0 bridgehead atoms. The molecule has 25 heavy (non-hydrogen) atoms. The van der Waals surface area contributed by atoms with Crippen molar-refractivity contribution in [1.82, 2.24) is 14.5 Å². The van der Waals surface area contributed by atoms with Crippen LogP contribution in [0.15, 0.2) is 28.6 Å². The number of fused-ring (bicyclic) bond motifs is 1. The Morgan fingerprint density at radius 3 is 2.84 bits per heavy atom. The summed E-state index contributed by atoms with van der Waals surface area (Å²) in [6, 6.07) is 4.07. The Hall–Kier alpha value is -2.03. The van der Waals surface area contributed by atoms with E-state index in [4.69, 9.17) is 4.74 Å². The first-order valence-electron chi connectivity index (χ1n) is 8.02. The van der Waals surface area contributed by atoms with Gasteiger partial charge < -0.3 is 9.64 Å². The van der Waals surface area contributed by atoms with Gasteiger partial charge in [0, 0.05) is 33.8 Å². The summed E-state index contributed by atoms with van der Waals surface area (Å²) in [7, 11) is 0. The molecule has 6 nitrogen and oxygen atoms in total. The van der Waals surface area contributed by atoms with Gasteiger partial charge >= 0.3 is 0 Å². The van der Waals surface area contributed by atoms with E-state index in [9.17, 15) is 9.59 Å². The molecule has 130 valence electrons. The highest BCUT2D eigenvalue weighted by atomic mass is 32.1. The summed E-state index contributed by atoms with van der Waals surface area (Å²) in [6.07, 6.45) is 1.48. The zero-order valence-corrected chi connectivity index (χ0v) is 15.4. The normalized spacial score (nSPS) is 15.0. The van der Waals surface area contributed by atoms with Crippen molar-refractivity contribution in [2.75, 3.05) is 26.3 Å². The number of thiophene rings is 2. The van der Waals surface area contributed by atoms with E-state index in [2.05, 4.69) is 4.98 Å². The average molecular weight is 375 g/mol. The Bertz CT molecular complexity index is 983. The first-order chi connectivity index (χ1) is 12.1. The quantitative estimate of drug-likeness (QED) is 0.705. The lowest BCUT2D eigenvalue weighted by atomic mass is 10.2. The van der Waals surface area contributed by atoms with Gasteiger partial charge in [0.1, 0.15) is 11.4 Å². The lowest BCUT2D eigenvalue weighted by Crippen LogP contribution is -2.43. The molecule has 3 aromatic heterocycles. The van der Waals surface area contributed by atoms with Gasteiger partial charge in [0.25, 0.3) is 5.56 Å². The molecule has 0 atom stereocenters. The van der Waals surface area contributed by atoms with E-state index in [0.29, 0.717) is 36.5 Å². The molecule has 0 spiro atoms. The van der Waals surface area contributed by atoms with Crippen molar-refractivity contribution in [1.29, 1.82) is 0 Å². The smallest absolute Gasteiger partial charge is 0.263 e. The second-order valence-electron chi connectivity index (χ2n) is 5.91. The van der Waals surface area contributed by atoms with Crippen molar-refractivity contribution >= 4 is 38.8 Å². The van der Waals surface area contributed by atoms with Crippen LogP contribution in [0.25, 0.3) is 20.7 Å². The number of hydrogen-bond donors (Lipinski definition) is 0. The van der Waals surface area contributed by atoms with Gasteiger partial charge in [-0.25, -0.2) is 4.98 Å². The molecule has 3 aromatic rings. The largest absolute Gasteiger partial charge is 0.378 e. The fourth-order valence-corrected chi connectivity index (χ4v) is 4.76. The van der Waals surface area contributed by atoms with Crippen LogP contribution in [0.1, 0.15) is 4.88 Å². The molecule has 1 aliphatic heterocycles. The van der Waals surface area contributed by atoms with Gasteiger partial charge in [-0.2, -0.15) is 0 Å². The van der Waals surface area contributed by atoms with Crippen LogP contribution >= 0.6 is 22.7 Å². The molecule has 1 fully saturated rings. The Morgan fingerprint density at radius 2 is 2.12 bits per heavy atom. The predicted octanol–water partition coefficient (Wildman–Crippen LogP) is 2.35. The minimum Gasteiger partial charge on any atom is -0.378 e. The molecule has 8 heteroatoms. The molecular weight excluding hydrogens is 358 g/mol. The van der Waals surface area contributed by atoms with Crippen LogP contribution in [0.5, 0.6) is 0 Å². The first kappa shape index (κ1) is 16.4. The predicted molar refractivity (Wildman–Crippen MR) is 99.3 cm³/mol. The number of aryl methyl sites for hydroxylation is 1. The molecule has 1 saturated heterocycles. The van der Waals surface area contributed by atoms with Crippen LogP contribution in [-0.4, -0.2) is 46.7 Å². The summed E-state index contributed by atoms with van der Waals surface area (Å²) in [5.74, 6) is -0.0738. The second kappa shape index (κ2) is 6.70. The van der Waals surface area contributed by atoms with Gasteiger partial charge in [0.05, 0.1) is 24.9 Å². The number of aromatic nitrogens is 2. The van der Waals surface area contributed by atoms with Crippen LogP contribution in [0.2, 0.25) is 0 Å². The standard InChI is InChI=1S/C17H17N3O3S2/c1-11-2-3-13(25-11)12-9-24-16-15(12)17(22)20(10-18-16)8-14(21)19-4-6-23-7-5-19/h2-3,9-10H,4-8H2,1H3. The van der Waals surface area contributed by atoms with Crippen LogP contribution in [-0.2, 0) is 16.1 Å². The third-order valence-electron chi connectivity index (χ3n) is 4.24. The first-order valence-corrected chi connectivity index (χ1v) is 9.72. The maximum Gasteiger partial charge on any atom is 0.263 e. The van der Waals surface area contributed by atoms with Crippen LogP contribution < -0.4 is 5.56 Å². The fraction of sp³-hybridized carbons (Fsp3) is 0.353. The van der Waals surface area contributed by atoms with Crippen molar-refractivity contribution in [3.63, 3.8) is 0 Å². The van der Waals surface area contributed by atoms with Crippen molar-refractivity contribution in [3.8, 4) is 10.4 Å². The highest BCUT2D eigenvalue weighted by Crippen LogP contribution is 2.34. The van der Waals surface area contributed by atoms with E-state index in [0.717, 1.165) is 10.4 Å². The Kier molecular flexibility index (Phi) is 4.41. The third-order valence-corrected chi connectivity index (χ3v) is 6.16. The summed E-state index contributed by atoms with van der Waals surface area (Å²) in [5.41, 5.74) is 0.748. The van der Waals surface area contributed by atoms with E-state index in [-0.39, 0.29) is 18.0 Å². The SMILES string of the molecule is Cc1ccc(-c2csc3ncn(CC(=O)N4CCOCC4)c(=O)c23)s1. The van der Waals surface area contributed by atoms with Gasteiger partial charge in [-0.15, -0.1) is 22.7 Å². The zero-order chi connectivity index (χ0) is 17.4. The average Bonchev–Trinajstić information content (AvgIpc) is 3.24. The van der Waals surface area contributed by atoms with Gasteiger partial charge in [0.2, 0.25) is 5.91 Å². The summed E-state index contributed by atoms with van der Waals surface area (Å²) < 4.78 is 6.68. The number of carbonyl (C=O) groups excluding carboxylic acids is 1. The Labute approximate surface area is 152 Å². The molecule has 1 aliphatic rings. The molecule has 0 aliphatic carbocycles. The monoisotopic (exact) mass is 375 g/mol. The van der Waals surface area contributed by atoms with E-state index in [1.807, 2.05) is 24.4 Å². The van der Waals surface area contributed by atoms with E-state index in [1.165, 1.54) is 27.1 Å². The van der Waals surface area contributed by atoms with Crippen molar-refractivity contribution in [2.45, 2.75) is 13.5 Å². The lowest BCUT2D eigenvalue weighted by Gasteiger charge is -2.26. The highest BCUT2D eigenvalue weighted by molar-refractivity contribution is 7.19. The van der Waals surface area contributed by atoms with E-state index < -0.39 is 0 Å². The van der Waals surface area contributed by atoms with Gasteiger partial charge in [-0.05, 0) is 19.1 Å². The van der Waals surface area contributed by atoms with Crippen LogP contribution in [0.3, 0.4) is 0 Å². The molecule has 0 aromatic carbocycles. The Balaban J connectivity index is 1.70. The summed E-state index contributed by atoms with van der Waals surface area (Å²) in [4.78, 5) is 34.5. The number of rotatable bonds is 3. The number of hydrogen-bond acceptors (Lipinski definition) is 6. The Morgan fingerprint density at radius 1 is 1.32 bits per heavy atom. The highest BCUT2D eigenvalue weighted by Gasteiger charge is 2.19. The van der Waals surface area contributed by atoms with Crippen LogP contribution in [0.4, 0.5) is 0 Å². The topological polar surface area (TPSA) is 64.4 Å². The minimum atomic E-state index is -0.158. The van der Waals surface area contributed by atoms with Gasteiger partial charge in [-0.3, -0.25) is 14.2 Å². The zero-order valence-electron chi connectivity index (χ0n) is 13.7. The number of nitrogens with zero attached hydrogens (tertiary/aromatic N) is 3. The summed E-state index contributed by atoms with van der Waals surface area (Å²) >= 11 is 3.11. The number of ether oxygens (including phenoxy) is 1. The molecule has 0 unspecified atom stereocenters. The molecule has 0 saturated carbocycles. The lowest BCUT2D eigenvalue weighted by molar-refractivity contribution is -0.135. The van der Waals surface area contributed by atoms with Crippen LogP contribution in [0, 0.1) is 6.92 Å². The minimum absolute atomic E-state index is 0.0144. The van der Waals surface area contributed by atoms with Gasteiger partial charge in [-0.1, -0.05) is 0 Å². The molecule has 0 N–H and O–H groups in total. The summed E-state index contributed by atoms with van der Waals surface area (Å²) in [5, 5.41) is 2.57. The number of amides is 1. The third kappa shape index (κ3) is 3.12. The molecule has 4 rings (SSSR count). The fourth-order valence-electron chi connectivity index (χ4n) is 2.90. The van der Waals surface area contributed by atoms with Crippen molar-refractivity contribution in [3.05, 3.63) is 39.1 Å². The molecule has 1 amide bonds. The summed E-state index contributed by atoms with van der Waals surface area (Å²) in [6.45, 7) is 4.29. The van der Waals surface area contributed by atoms with E-state index in [1.54, 1.807) is 16.2 Å². The number of morpholine rings is 1. The maximum absolute atomic E-state index is 12.9. The van der Waals surface area contributed by atoms with Crippen molar-refractivity contribution in [2.24, 2.45) is 0 Å². The van der Waals surface area contributed by atoms with Crippen molar-refractivity contribution < 1.29 is 9.53 Å². The molecule has 0 radical (unpaired) electrons. The second-order valence-corrected chi connectivity index (χ2v) is 8.06. The molecular formula is C17H17N3O3S2. The number of carbonyl (C=O) groups is 1.